The van der Waals surface area contributed by atoms with E-state index in [2.05, 4.69) is 16.2 Å². The molecule has 0 bridgehead atoms. The van der Waals surface area contributed by atoms with E-state index in [1.807, 2.05) is 6.92 Å². The molecule has 86 valence electrons. The Morgan fingerprint density at radius 2 is 2.25 bits per heavy atom. The Bertz CT molecular complexity index is 376. The first-order valence-corrected chi connectivity index (χ1v) is 5.46. The summed E-state index contributed by atoms with van der Waals surface area (Å²) >= 11 is 0. The van der Waals surface area contributed by atoms with E-state index in [-0.39, 0.29) is 12.1 Å². The van der Waals surface area contributed by atoms with Crippen LogP contribution in [0.1, 0.15) is 19.8 Å². The number of urea groups is 1. The summed E-state index contributed by atoms with van der Waals surface area (Å²) in [6.45, 7) is 3.49. The predicted octanol–water partition coefficient (Wildman–Crippen LogP) is -0.0769. The van der Waals surface area contributed by atoms with Crippen LogP contribution in [-0.4, -0.2) is 41.4 Å². The average molecular weight is 220 g/mol. The number of terminal acetylenes is 1. The average Bonchev–Trinajstić information content (AvgIpc) is 2.51. The SMILES string of the molecule is C#CC(C)N1C(=O)N=C(N)C12CCNCC2. The highest BCUT2D eigenvalue weighted by Crippen LogP contribution is 2.33. The summed E-state index contributed by atoms with van der Waals surface area (Å²) in [7, 11) is 0. The zero-order chi connectivity index (χ0) is 11.8. The third-order valence-corrected chi connectivity index (χ3v) is 3.42. The smallest absolute Gasteiger partial charge is 0.347 e. The van der Waals surface area contributed by atoms with Crippen molar-refractivity contribution in [2.24, 2.45) is 10.7 Å². The molecule has 5 heteroatoms. The van der Waals surface area contributed by atoms with Gasteiger partial charge >= 0.3 is 6.03 Å². The number of amidine groups is 1. The van der Waals surface area contributed by atoms with E-state index in [0.717, 1.165) is 25.9 Å². The predicted molar refractivity (Wildman–Crippen MR) is 62.0 cm³/mol. The zero-order valence-electron chi connectivity index (χ0n) is 9.36. The van der Waals surface area contributed by atoms with Crippen LogP contribution in [0.4, 0.5) is 4.79 Å². The van der Waals surface area contributed by atoms with Crippen LogP contribution in [0.2, 0.25) is 0 Å². The molecule has 5 nitrogen and oxygen atoms in total. The highest BCUT2D eigenvalue weighted by Gasteiger charge is 2.50. The van der Waals surface area contributed by atoms with Gasteiger partial charge in [-0.15, -0.1) is 6.42 Å². The van der Waals surface area contributed by atoms with Gasteiger partial charge in [-0.25, -0.2) is 4.79 Å². The van der Waals surface area contributed by atoms with Crippen molar-refractivity contribution in [3.05, 3.63) is 0 Å². The monoisotopic (exact) mass is 220 g/mol. The molecule has 0 aromatic heterocycles. The molecule has 1 atom stereocenters. The van der Waals surface area contributed by atoms with Crippen LogP contribution in [0.15, 0.2) is 4.99 Å². The maximum absolute atomic E-state index is 11.8. The van der Waals surface area contributed by atoms with Crippen LogP contribution < -0.4 is 11.1 Å². The van der Waals surface area contributed by atoms with Crippen LogP contribution in [0.5, 0.6) is 0 Å². The van der Waals surface area contributed by atoms with Gasteiger partial charge in [-0.05, 0) is 32.9 Å². The molecular weight excluding hydrogens is 204 g/mol. The minimum Gasteiger partial charge on any atom is -0.385 e. The summed E-state index contributed by atoms with van der Waals surface area (Å²) in [5.41, 5.74) is 5.46. The van der Waals surface area contributed by atoms with Gasteiger partial charge in [0.1, 0.15) is 11.4 Å². The van der Waals surface area contributed by atoms with E-state index < -0.39 is 5.54 Å². The maximum atomic E-state index is 11.8. The molecule has 1 spiro atoms. The molecule has 1 fully saturated rings. The minimum atomic E-state index is -0.450. The second kappa shape index (κ2) is 3.80. The highest BCUT2D eigenvalue weighted by atomic mass is 16.2. The zero-order valence-corrected chi connectivity index (χ0v) is 9.36. The molecule has 2 rings (SSSR count). The summed E-state index contributed by atoms with van der Waals surface area (Å²) in [5.74, 6) is 3.00. The van der Waals surface area contributed by atoms with Crippen molar-refractivity contribution in [1.82, 2.24) is 10.2 Å². The van der Waals surface area contributed by atoms with Crippen molar-refractivity contribution in [1.29, 1.82) is 0 Å². The summed E-state index contributed by atoms with van der Waals surface area (Å²) in [6, 6.07) is -0.569. The third kappa shape index (κ3) is 1.38. The van der Waals surface area contributed by atoms with E-state index in [1.54, 1.807) is 4.90 Å². The standard InChI is InChI=1S/C11H16N4O/c1-3-8(2)15-10(16)14-9(12)11(15)4-6-13-7-5-11/h1,8,13H,4-7H2,2H3,(H2,12,14,16). The van der Waals surface area contributed by atoms with Crippen LogP contribution >= 0.6 is 0 Å². The van der Waals surface area contributed by atoms with Crippen molar-refractivity contribution in [3.63, 3.8) is 0 Å². The maximum Gasteiger partial charge on any atom is 0.347 e. The number of carbonyl (C=O) groups is 1. The number of piperidine rings is 1. The number of hydrogen-bond donors (Lipinski definition) is 2. The molecule has 0 aliphatic carbocycles. The Kier molecular flexibility index (Phi) is 2.60. The highest BCUT2D eigenvalue weighted by molar-refractivity contribution is 6.06. The molecule has 0 radical (unpaired) electrons. The van der Waals surface area contributed by atoms with Crippen molar-refractivity contribution in [2.75, 3.05) is 13.1 Å². The lowest BCUT2D eigenvalue weighted by atomic mass is 9.85. The molecular formula is C11H16N4O. The molecule has 16 heavy (non-hydrogen) atoms. The van der Waals surface area contributed by atoms with Gasteiger partial charge in [0.2, 0.25) is 0 Å². The molecule has 2 amide bonds. The molecule has 2 aliphatic heterocycles. The van der Waals surface area contributed by atoms with Crippen molar-refractivity contribution < 1.29 is 4.79 Å². The summed E-state index contributed by atoms with van der Waals surface area (Å²) in [5, 5.41) is 3.25. The number of nitrogens with two attached hydrogens (primary N) is 1. The van der Waals surface area contributed by atoms with E-state index in [1.165, 1.54) is 0 Å². The van der Waals surface area contributed by atoms with E-state index in [0.29, 0.717) is 5.84 Å². The largest absolute Gasteiger partial charge is 0.385 e. The van der Waals surface area contributed by atoms with Gasteiger partial charge in [-0.1, -0.05) is 5.92 Å². The number of carbonyl (C=O) groups excluding carboxylic acids is 1. The Morgan fingerprint density at radius 3 is 2.81 bits per heavy atom. The lowest BCUT2D eigenvalue weighted by Gasteiger charge is -2.42. The molecule has 3 N–H and O–H groups in total. The molecule has 2 heterocycles. The minimum absolute atomic E-state index is 0.268. The van der Waals surface area contributed by atoms with Crippen LogP contribution in [0, 0.1) is 12.3 Å². The lowest BCUT2D eigenvalue weighted by Crippen LogP contribution is -2.61. The second-order valence-corrected chi connectivity index (χ2v) is 4.27. The second-order valence-electron chi connectivity index (χ2n) is 4.27. The summed E-state index contributed by atoms with van der Waals surface area (Å²) < 4.78 is 0. The topological polar surface area (TPSA) is 70.7 Å². The van der Waals surface area contributed by atoms with Crippen molar-refractivity contribution in [2.45, 2.75) is 31.3 Å². The summed E-state index contributed by atoms with van der Waals surface area (Å²) in [4.78, 5) is 17.3. The van der Waals surface area contributed by atoms with E-state index in [9.17, 15) is 4.79 Å². The van der Waals surface area contributed by atoms with Gasteiger partial charge in [0.25, 0.3) is 0 Å². The fourth-order valence-electron chi connectivity index (χ4n) is 2.52. The third-order valence-electron chi connectivity index (χ3n) is 3.42. The number of amides is 2. The van der Waals surface area contributed by atoms with Crippen LogP contribution in [0.3, 0.4) is 0 Å². The number of hydrogen-bond acceptors (Lipinski definition) is 3. The first kappa shape index (κ1) is 11.0. The van der Waals surface area contributed by atoms with Gasteiger partial charge in [0.15, 0.2) is 0 Å². The molecule has 1 saturated heterocycles. The molecule has 1 unspecified atom stereocenters. The van der Waals surface area contributed by atoms with Crippen molar-refractivity contribution in [3.8, 4) is 12.3 Å². The Hall–Kier alpha value is -1.54. The van der Waals surface area contributed by atoms with Gasteiger partial charge in [0.05, 0.1) is 6.04 Å². The van der Waals surface area contributed by atoms with Gasteiger partial charge in [-0.2, -0.15) is 4.99 Å². The molecule has 0 saturated carbocycles. The van der Waals surface area contributed by atoms with E-state index >= 15 is 0 Å². The van der Waals surface area contributed by atoms with Gasteiger partial charge in [-0.3, -0.25) is 4.90 Å². The quantitative estimate of drug-likeness (QED) is 0.607. The Balaban J connectivity index is 2.36. The summed E-state index contributed by atoms with van der Waals surface area (Å²) in [6.07, 6.45) is 6.95. The van der Waals surface area contributed by atoms with Crippen molar-refractivity contribution >= 4 is 11.9 Å². The first-order chi connectivity index (χ1) is 7.62. The number of aliphatic imine (C=N–C) groups is 1. The Labute approximate surface area is 95.1 Å². The van der Waals surface area contributed by atoms with Gasteiger partial charge < -0.3 is 11.1 Å². The fourth-order valence-corrected chi connectivity index (χ4v) is 2.52. The lowest BCUT2D eigenvalue weighted by molar-refractivity contribution is 0.135. The molecule has 0 aromatic rings. The van der Waals surface area contributed by atoms with Crippen LogP contribution in [0.25, 0.3) is 0 Å². The number of rotatable bonds is 1. The molecule has 2 aliphatic rings. The fraction of sp³-hybridized carbons (Fsp3) is 0.636. The number of nitrogens with one attached hydrogen (secondary N) is 1. The number of nitrogens with zero attached hydrogens (tertiary/aromatic N) is 2. The van der Waals surface area contributed by atoms with E-state index in [4.69, 9.17) is 12.2 Å². The molecule has 0 aromatic carbocycles. The first-order valence-electron chi connectivity index (χ1n) is 5.46. The normalized spacial score (nSPS) is 25.4. The van der Waals surface area contributed by atoms with Crippen LogP contribution in [-0.2, 0) is 0 Å². The Morgan fingerprint density at radius 1 is 1.62 bits per heavy atom. The van der Waals surface area contributed by atoms with Gasteiger partial charge in [0, 0.05) is 0 Å².